The van der Waals surface area contributed by atoms with Gasteiger partial charge >= 0.3 is 0 Å². The van der Waals surface area contributed by atoms with Crippen LogP contribution in [0.25, 0.3) is 0 Å². The molecule has 1 saturated heterocycles. The second-order valence-electron chi connectivity index (χ2n) is 4.07. The zero-order valence-electron chi connectivity index (χ0n) is 9.65. The van der Waals surface area contributed by atoms with Gasteiger partial charge in [-0.15, -0.1) is 0 Å². The predicted molar refractivity (Wildman–Crippen MR) is 64.1 cm³/mol. The first-order valence-corrected chi connectivity index (χ1v) is 5.88. The van der Waals surface area contributed by atoms with Crippen LogP contribution in [0.5, 0.6) is 0 Å². The van der Waals surface area contributed by atoms with E-state index in [0.717, 1.165) is 19.6 Å². The normalized spacial score (nSPS) is 20.8. The van der Waals surface area contributed by atoms with Crippen molar-refractivity contribution in [3.05, 3.63) is 35.9 Å². The molecule has 86 valence electrons. The molecule has 1 aliphatic rings. The van der Waals surface area contributed by atoms with Crippen LogP contribution in [-0.4, -0.2) is 30.4 Å². The highest BCUT2D eigenvalue weighted by Crippen LogP contribution is 2.22. The van der Waals surface area contributed by atoms with Gasteiger partial charge in [0, 0.05) is 26.1 Å². The molecule has 0 spiro atoms. The molecule has 0 saturated carbocycles. The van der Waals surface area contributed by atoms with Crippen molar-refractivity contribution < 1.29 is 4.79 Å². The Morgan fingerprint density at radius 3 is 2.88 bits per heavy atom. The fraction of sp³-hybridized carbons (Fsp3) is 0.462. The highest BCUT2D eigenvalue weighted by molar-refractivity contribution is 5.76. The molecule has 1 aromatic carbocycles. The van der Waals surface area contributed by atoms with E-state index in [4.69, 9.17) is 0 Å². The summed E-state index contributed by atoms with van der Waals surface area (Å²) in [6.45, 7) is 4.49. The largest absolute Gasteiger partial charge is 0.333 e. The maximum atomic E-state index is 11.8. The second kappa shape index (κ2) is 5.12. The zero-order chi connectivity index (χ0) is 11.4. The number of benzene rings is 1. The van der Waals surface area contributed by atoms with Crippen LogP contribution >= 0.6 is 0 Å². The molecule has 1 fully saturated rings. The lowest BCUT2D eigenvalue weighted by atomic mass is 10.0. The maximum absolute atomic E-state index is 11.8. The number of amides is 1. The number of nitrogens with one attached hydrogen (secondary N) is 1. The molecule has 1 heterocycles. The van der Waals surface area contributed by atoms with Crippen molar-refractivity contribution in [2.75, 3.05) is 19.6 Å². The number of carbonyl (C=O) groups is 1. The lowest BCUT2D eigenvalue weighted by molar-refractivity contribution is -0.134. The van der Waals surface area contributed by atoms with Crippen LogP contribution in [0.4, 0.5) is 0 Å². The number of hydrogen-bond donors (Lipinski definition) is 1. The molecule has 16 heavy (non-hydrogen) atoms. The van der Waals surface area contributed by atoms with Gasteiger partial charge < -0.3 is 10.2 Å². The molecule has 0 bridgehead atoms. The van der Waals surface area contributed by atoms with Crippen molar-refractivity contribution in [1.82, 2.24) is 10.2 Å². The Kier molecular flexibility index (Phi) is 3.57. The molecule has 2 rings (SSSR count). The summed E-state index contributed by atoms with van der Waals surface area (Å²) in [7, 11) is 0. The van der Waals surface area contributed by atoms with Crippen LogP contribution in [-0.2, 0) is 4.79 Å². The summed E-state index contributed by atoms with van der Waals surface area (Å²) < 4.78 is 0. The van der Waals surface area contributed by atoms with Crippen molar-refractivity contribution >= 4 is 5.91 Å². The second-order valence-corrected chi connectivity index (χ2v) is 4.07. The first-order valence-electron chi connectivity index (χ1n) is 5.88. The molecular weight excluding hydrogens is 200 g/mol. The Hall–Kier alpha value is -1.35. The quantitative estimate of drug-likeness (QED) is 0.817. The summed E-state index contributed by atoms with van der Waals surface area (Å²) in [6.07, 6.45) is 0.587. The minimum Gasteiger partial charge on any atom is -0.333 e. The average Bonchev–Trinajstić information content (AvgIpc) is 2.39. The van der Waals surface area contributed by atoms with Gasteiger partial charge in [0.2, 0.25) is 5.91 Å². The summed E-state index contributed by atoms with van der Waals surface area (Å²) in [5.74, 6) is 0.246. The van der Waals surface area contributed by atoms with Gasteiger partial charge in [-0.05, 0) is 5.56 Å². The van der Waals surface area contributed by atoms with Gasteiger partial charge in [0.15, 0.2) is 0 Å². The molecule has 1 amide bonds. The Bertz CT molecular complexity index is 350. The summed E-state index contributed by atoms with van der Waals surface area (Å²) in [5, 5.41) is 3.35. The average molecular weight is 218 g/mol. The van der Waals surface area contributed by atoms with Gasteiger partial charge in [-0.2, -0.15) is 0 Å². The van der Waals surface area contributed by atoms with E-state index in [0.29, 0.717) is 6.42 Å². The molecule has 1 aliphatic heterocycles. The van der Waals surface area contributed by atoms with E-state index < -0.39 is 0 Å². The summed E-state index contributed by atoms with van der Waals surface area (Å²) in [5.41, 5.74) is 1.22. The molecular formula is C13H18N2O. The van der Waals surface area contributed by atoms with E-state index in [9.17, 15) is 4.79 Å². The Morgan fingerprint density at radius 2 is 2.19 bits per heavy atom. The highest BCUT2D eigenvalue weighted by atomic mass is 16.2. The van der Waals surface area contributed by atoms with Crippen molar-refractivity contribution in [2.24, 2.45) is 0 Å². The number of nitrogens with zero attached hydrogens (tertiary/aromatic N) is 1. The molecule has 1 N–H and O–H groups in total. The highest BCUT2D eigenvalue weighted by Gasteiger charge is 2.26. The molecule has 1 aromatic rings. The molecule has 0 aromatic heterocycles. The van der Waals surface area contributed by atoms with Crippen molar-refractivity contribution in [2.45, 2.75) is 19.4 Å². The number of carbonyl (C=O) groups excluding carboxylic acids is 1. The van der Waals surface area contributed by atoms with Crippen LogP contribution in [0.1, 0.15) is 24.9 Å². The van der Waals surface area contributed by atoms with Crippen molar-refractivity contribution in [1.29, 1.82) is 0 Å². The molecule has 3 nitrogen and oxygen atoms in total. The van der Waals surface area contributed by atoms with Gasteiger partial charge in [0.05, 0.1) is 6.04 Å². The molecule has 1 atom stereocenters. The first kappa shape index (κ1) is 11.1. The number of hydrogen-bond acceptors (Lipinski definition) is 2. The third-order valence-electron chi connectivity index (χ3n) is 3.05. The lowest BCUT2D eigenvalue weighted by Crippen LogP contribution is -2.48. The van der Waals surface area contributed by atoms with E-state index >= 15 is 0 Å². The van der Waals surface area contributed by atoms with Gasteiger partial charge in [-0.3, -0.25) is 4.79 Å². The van der Waals surface area contributed by atoms with Crippen molar-refractivity contribution in [3.63, 3.8) is 0 Å². The van der Waals surface area contributed by atoms with Gasteiger partial charge in [-0.25, -0.2) is 0 Å². The van der Waals surface area contributed by atoms with Gasteiger partial charge in [0.1, 0.15) is 0 Å². The summed E-state index contributed by atoms with van der Waals surface area (Å²) in [6, 6.07) is 10.4. The van der Waals surface area contributed by atoms with Crippen LogP contribution in [0.2, 0.25) is 0 Å². The minimum absolute atomic E-state index is 0.197. The van der Waals surface area contributed by atoms with Crippen molar-refractivity contribution in [3.8, 4) is 0 Å². The number of piperazine rings is 1. The molecule has 0 radical (unpaired) electrons. The Balaban J connectivity index is 2.20. The maximum Gasteiger partial charge on any atom is 0.222 e. The third kappa shape index (κ3) is 2.25. The SMILES string of the molecule is CCC(=O)N1CCNC[C@@H]1c1ccccc1. The first-order chi connectivity index (χ1) is 7.83. The van der Waals surface area contributed by atoms with Crippen LogP contribution in [0.3, 0.4) is 0 Å². The molecule has 0 unspecified atom stereocenters. The standard InChI is InChI=1S/C13H18N2O/c1-2-13(16)15-9-8-14-10-12(15)11-6-4-3-5-7-11/h3-7,12,14H,2,8-10H2,1H3/t12-/m1/s1. The lowest BCUT2D eigenvalue weighted by Gasteiger charge is -2.36. The smallest absolute Gasteiger partial charge is 0.222 e. The molecule has 0 aliphatic carbocycles. The Labute approximate surface area is 96.5 Å². The summed E-state index contributed by atoms with van der Waals surface area (Å²) >= 11 is 0. The van der Waals surface area contributed by atoms with E-state index in [2.05, 4.69) is 17.4 Å². The fourth-order valence-electron chi connectivity index (χ4n) is 2.18. The topological polar surface area (TPSA) is 32.3 Å². The van der Waals surface area contributed by atoms with Crippen LogP contribution in [0.15, 0.2) is 30.3 Å². The Morgan fingerprint density at radius 1 is 1.44 bits per heavy atom. The van der Waals surface area contributed by atoms with Gasteiger partial charge in [0.25, 0.3) is 0 Å². The number of rotatable bonds is 2. The predicted octanol–water partition coefficient (Wildman–Crippen LogP) is 1.57. The minimum atomic E-state index is 0.197. The van der Waals surface area contributed by atoms with E-state index in [1.54, 1.807) is 0 Å². The van der Waals surface area contributed by atoms with E-state index in [-0.39, 0.29) is 11.9 Å². The third-order valence-corrected chi connectivity index (χ3v) is 3.05. The van der Waals surface area contributed by atoms with Crippen LogP contribution in [0, 0.1) is 0 Å². The van der Waals surface area contributed by atoms with Gasteiger partial charge in [-0.1, -0.05) is 37.3 Å². The zero-order valence-corrected chi connectivity index (χ0v) is 9.65. The molecule has 3 heteroatoms. The van der Waals surface area contributed by atoms with E-state index in [1.807, 2.05) is 30.0 Å². The van der Waals surface area contributed by atoms with E-state index in [1.165, 1.54) is 5.56 Å². The fourth-order valence-corrected chi connectivity index (χ4v) is 2.18. The van der Waals surface area contributed by atoms with Crippen LogP contribution < -0.4 is 5.32 Å². The summed E-state index contributed by atoms with van der Waals surface area (Å²) in [4.78, 5) is 13.8. The monoisotopic (exact) mass is 218 g/mol.